The maximum absolute atomic E-state index is 13.4. The summed E-state index contributed by atoms with van der Waals surface area (Å²) in [5.74, 6) is 0.429. The van der Waals surface area contributed by atoms with E-state index >= 15 is 0 Å². The molecule has 4 aromatic rings. The molecule has 4 nitrogen and oxygen atoms in total. The van der Waals surface area contributed by atoms with Crippen molar-refractivity contribution >= 4 is 79.6 Å². The summed E-state index contributed by atoms with van der Waals surface area (Å²) in [6.07, 6.45) is 1.76. The normalized spacial score (nSPS) is 16.1. The average molecular weight is 568 g/mol. The number of hydrogen-bond donors (Lipinski definition) is 0. The largest absolute Gasteiger partial charge is 0.449 e. The number of hydrogen-bond acceptors (Lipinski definition) is 5. The molecule has 0 spiro atoms. The van der Waals surface area contributed by atoms with Crippen LogP contribution in [0.1, 0.15) is 5.76 Å². The molecule has 0 unspecified atom stereocenters. The van der Waals surface area contributed by atoms with Gasteiger partial charge in [0.15, 0.2) is 10.3 Å². The number of carbonyl (C=O) groups is 1. The molecule has 1 saturated heterocycles. The molecule has 168 valence electrons. The Morgan fingerprint density at radius 1 is 0.971 bits per heavy atom. The minimum absolute atomic E-state index is 0.148. The van der Waals surface area contributed by atoms with Crippen LogP contribution in [0.3, 0.4) is 0 Å². The molecule has 1 aliphatic rings. The summed E-state index contributed by atoms with van der Waals surface area (Å²) in [4.78, 5) is 21.3. The van der Waals surface area contributed by atoms with E-state index in [1.54, 1.807) is 11.0 Å². The number of benzene rings is 3. The Morgan fingerprint density at radius 3 is 2.35 bits per heavy atom. The van der Waals surface area contributed by atoms with E-state index in [-0.39, 0.29) is 5.91 Å². The second-order valence-corrected chi connectivity index (χ2v) is 10.5. The van der Waals surface area contributed by atoms with Gasteiger partial charge in [-0.25, -0.2) is 4.99 Å². The number of rotatable bonds is 5. The first kappa shape index (κ1) is 23.1. The minimum atomic E-state index is -0.148. The van der Waals surface area contributed by atoms with Crippen molar-refractivity contribution in [3.05, 3.63) is 111 Å². The third-order valence-electron chi connectivity index (χ3n) is 4.77. The third-order valence-corrected chi connectivity index (χ3v) is 7.84. The lowest BCUT2D eigenvalue weighted by molar-refractivity contribution is -0.113. The summed E-state index contributed by atoms with van der Waals surface area (Å²) in [5.41, 5.74) is 1.54. The fourth-order valence-corrected chi connectivity index (χ4v) is 5.65. The standard InChI is InChI=1S/C26H16BrClN2O2S2/c27-22-15-20(32-25(22)33-21-13-11-17(28)12-14-21)16-23-24(31)30(19-9-5-2-6-10-19)26(34-23)29-18-7-3-1-4-8-18/h1-16H/b23-16-,29-26?. The zero-order valence-electron chi connectivity index (χ0n) is 17.5. The number of aliphatic imine (C=N–C) groups is 1. The Hall–Kier alpha value is -2.71. The summed E-state index contributed by atoms with van der Waals surface area (Å²) in [7, 11) is 0. The Balaban J connectivity index is 1.47. The molecule has 1 aliphatic heterocycles. The first-order valence-corrected chi connectivity index (χ1v) is 13.0. The highest BCUT2D eigenvalue weighted by atomic mass is 79.9. The smallest absolute Gasteiger partial charge is 0.271 e. The minimum Gasteiger partial charge on any atom is -0.449 e. The van der Waals surface area contributed by atoms with E-state index in [1.165, 1.54) is 23.5 Å². The molecule has 0 atom stereocenters. The highest BCUT2D eigenvalue weighted by Gasteiger charge is 2.35. The van der Waals surface area contributed by atoms with E-state index in [9.17, 15) is 4.79 Å². The van der Waals surface area contributed by atoms with Crippen molar-refractivity contribution in [2.75, 3.05) is 4.90 Å². The number of nitrogens with zero attached hydrogens (tertiary/aromatic N) is 2. The number of furan rings is 1. The number of halogens is 2. The highest BCUT2D eigenvalue weighted by molar-refractivity contribution is 9.10. The molecule has 3 aromatic carbocycles. The number of amides is 1. The predicted octanol–water partition coefficient (Wildman–Crippen LogP) is 8.66. The zero-order chi connectivity index (χ0) is 23.5. The number of para-hydroxylation sites is 2. The van der Waals surface area contributed by atoms with E-state index in [0.717, 1.165) is 20.7 Å². The number of thioether (sulfide) groups is 1. The number of carbonyl (C=O) groups excluding carboxylic acids is 1. The average Bonchev–Trinajstić information content (AvgIpc) is 3.34. The SMILES string of the molecule is O=C1/C(=C/c2cc(Br)c(Sc3ccc(Cl)cc3)o2)SC(=Nc2ccccc2)N1c1ccccc1. The van der Waals surface area contributed by atoms with Crippen molar-refractivity contribution in [3.8, 4) is 0 Å². The highest BCUT2D eigenvalue weighted by Crippen LogP contribution is 2.40. The molecule has 1 amide bonds. The predicted molar refractivity (Wildman–Crippen MR) is 145 cm³/mol. The summed E-state index contributed by atoms with van der Waals surface area (Å²) in [6.45, 7) is 0. The van der Waals surface area contributed by atoms with Crippen LogP contribution >= 0.6 is 51.1 Å². The van der Waals surface area contributed by atoms with Gasteiger partial charge in [0, 0.05) is 16.0 Å². The molecule has 1 fully saturated rings. The van der Waals surface area contributed by atoms with Crippen LogP contribution in [0, 0.1) is 0 Å². The molecular weight excluding hydrogens is 552 g/mol. The third kappa shape index (κ3) is 5.18. The summed E-state index contributed by atoms with van der Waals surface area (Å²) >= 11 is 12.3. The van der Waals surface area contributed by atoms with Gasteiger partial charge in [0.2, 0.25) is 0 Å². The van der Waals surface area contributed by atoms with E-state index in [0.29, 0.717) is 25.9 Å². The van der Waals surface area contributed by atoms with E-state index in [2.05, 4.69) is 15.9 Å². The van der Waals surface area contributed by atoms with Gasteiger partial charge in [0.1, 0.15) is 5.76 Å². The van der Waals surface area contributed by atoms with Gasteiger partial charge in [-0.05, 0) is 82.3 Å². The van der Waals surface area contributed by atoms with Gasteiger partial charge in [0.05, 0.1) is 20.8 Å². The fraction of sp³-hybridized carbons (Fsp3) is 0. The molecule has 2 heterocycles. The van der Waals surface area contributed by atoms with Crippen LogP contribution in [0.15, 0.2) is 120 Å². The van der Waals surface area contributed by atoms with Crippen molar-refractivity contribution in [1.82, 2.24) is 0 Å². The van der Waals surface area contributed by atoms with Gasteiger partial charge < -0.3 is 4.42 Å². The molecule has 1 aromatic heterocycles. The number of anilines is 1. The lowest BCUT2D eigenvalue weighted by Gasteiger charge is -2.15. The molecule has 8 heteroatoms. The Morgan fingerprint density at radius 2 is 1.65 bits per heavy atom. The monoisotopic (exact) mass is 566 g/mol. The molecule has 0 radical (unpaired) electrons. The van der Waals surface area contributed by atoms with Crippen LogP contribution in [0.5, 0.6) is 0 Å². The summed E-state index contributed by atoms with van der Waals surface area (Å²) in [5, 5.41) is 1.97. The van der Waals surface area contributed by atoms with Crippen molar-refractivity contribution < 1.29 is 9.21 Å². The molecular formula is C26H16BrClN2O2S2. The van der Waals surface area contributed by atoms with Gasteiger partial charge in [-0.1, -0.05) is 59.8 Å². The van der Waals surface area contributed by atoms with Crippen LogP contribution in [0.25, 0.3) is 6.08 Å². The number of amidine groups is 1. The maximum atomic E-state index is 13.4. The Kier molecular flexibility index (Phi) is 6.97. The van der Waals surface area contributed by atoms with E-state index in [1.807, 2.05) is 91.0 Å². The summed E-state index contributed by atoms with van der Waals surface area (Å²) in [6, 6.07) is 28.5. The van der Waals surface area contributed by atoms with Crippen molar-refractivity contribution in [2.24, 2.45) is 4.99 Å². The van der Waals surface area contributed by atoms with Gasteiger partial charge >= 0.3 is 0 Å². The zero-order valence-corrected chi connectivity index (χ0v) is 21.5. The fourth-order valence-electron chi connectivity index (χ4n) is 3.22. The molecule has 0 N–H and O–H groups in total. The lowest BCUT2D eigenvalue weighted by atomic mass is 10.3. The maximum Gasteiger partial charge on any atom is 0.271 e. The van der Waals surface area contributed by atoms with Crippen LogP contribution in [-0.4, -0.2) is 11.1 Å². The van der Waals surface area contributed by atoms with Gasteiger partial charge in [-0.3, -0.25) is 9.69 Å². The van der Waals surface area contributed by atoms with E-state index < -0.39 is 0 Å². The quantitative estimate of drug-likeness (QED) is 0.226. The molecule has 0 saturated carbocycles. The topological polar surface area (TPSA) is 45.8 Å². The first-order valence-electron chi connectivity index (χ1n) is 10.2. The Bertz CT molecular complexity index is 1390. The van der Waals surface area contributed by atoms with Crippen LogP contribution < -0.4 is 4.90 Å². The van der Waals surface area contributed by atoms with E-state index in [4.69, 9.17) is 21.0 Å². The van der Waals surface area contributed by atoms with Crippen LogP contribution in [0.2, 0.25) is 5.02 Å². The molecule has 0 aliphatic carbocycles. The lowest BCUT2D eigenvalue weighted by Crippen LogP contribution is -2.28. The van der Waals surface area contributed by atoms with Gasteiger partial charge in [0.25, 0.3) is 5.91 Å². The van der Waals surface area contributed by atoms with Crippen molar-refractivity contribution in [3.63, 3.8) is 0 Å². The molecule has 0 bridgehead atoms. The van der Waals surface area contributed by atoms with Gasteiger partial charge in [-0.2, -0.15) is 0 Å². The second-order valence-electron chi connectivity index (χ2n) is 7.16. The van der Waals surface area contributed by atoms with Crippen molar-refractivity contribution in [2.45, 2.75) is 9.99 Å². The Labute approximate surface area is 218 Å². The second kappa shape index (κ2) is 10.3. The first-order chi connectivity index (χ1) is 16.6. The van der Waals surface area contributed by atoms with Crippen molar-refractivity contribution in [1.29, 1.82) is 0 Å². The van der Waals surface area contributed by atoms with Crippen LogP contribution in [-0.2, 0) is 4.79 Å². The molecule has 34 heavy (non-hydrogen) atoms. The van der Waals surface area contributed by atoms with Gasteiger partial charge in [-0.15, -0.1) is 0 Å². The summed E-state index contributed by atoms with van der Waals surface area (Å²) < 4.78 is 6.85. The molecule has 5 rings (SSSR count). The van der Waals surface area contributed by atoms with Crippen LogP contribution in [0.4, 0.5) is 11.4 Å².